The van der Waals surface area contributed by atoms with Crippen molar-refractivity contribution in [2.24, 2.45) is 5.73 Å². The number of fused-ring (bicyclic) bond motifs is 1. The predicted octanol–water partition coefficient (Wildman–Crippen LogP) is 2.87. The van der Waals surface area contributed by atoms with E-state index in [0.29, 0.717) is 5.56 Å². The molecular weight excluding hydrogens is 250 g/mol. The molecule has 0 spiro atoms. The lowest BCUT2D eigenvalue weighted by Gasteiger charge is -2.16. The fraction of sp³-hybridized carbons (Fsp3) is 0.235. The highest BCUT2D eigenvalue weighted by Gasteiger charge is 2.27. The maximum atomic E-state index is 11.6. The number of amides is 1. The molecule has 0 heterocycles. The topological polar surface area (TPSA) is 52.3 Å². The number of primary amides is 1. The Bertz CT molecular complexity index is 664. The largest absolute Gasteiger partial charge is 0.497 e. The Kier molecular flexibility index (Phi) is 3.18. The standard InChI is InChI=1S/C17H17NO2/c1-20-12-8-6-11-7-9-14(16(11)10-12)13-4-2-3-5-15(13)17(18)19/h2-6,8,10,14H,7,9H2,1H3,(H2,18,19)/t14-/m0/s1. The van der Waals surface area contributed by atoms with Crippen molar-refractivity contribution in [1.82, 2.24) is 0 Å². The Hall–Kier alpha value is -2.29. The summed E-state index contributed by atoms with van der Waals surface area (Å²) in [6.07, 6.45) is 2.03. The molecule has 3 nitrogen and oxygen atoms in total. The van der Waals surface area contributed by atoms with Crippen molar-refractivity contribution in [3.8, 4) is 5.75 Å². The van der Waals surface area contributed by atoms with Gasteiger partial charge in [0, 0.05) is 11.5 Å². The normalized spacial score (nSPS) is 16.8. The van der Waals surface area contributed by atoms with Crippen LogP contribution in [0.25, 0.3) is 0 Å². The van der Waals surface area contributed by atoms with Crippen molar-refractivity contribution in [2.75, 3.05) is 7.11 Å². The number of hydrogen-bond acceptors (Lipinski definition) is 2. The highest BCUT2D eigenvalue weighted by molar-refractivity contribution is 5.94. The maximum Gasteiger partial charge on any atom is 0.248 e. The summed E-state index contributed by atoms with van der Waals surface area (Å²) in [5, 5.41) is 0. The number of methoxy groups -OCH3 is 1. The van der Waals surface area contributed by atoms with Crippen LogP contribution < -0.4 is 10.5 Å². The summed E-state index contributed by atoms with van der Waals surface area (Å²) in [5.74, 6) is 0.716. The number of carbonyl (C=O) groups excluding carboxylic acids is 1. The van der Waals surface area contributed by atoms with E-state index in [1.807, 2.05) is 24.3 Å². The van der Waals surface area contributed by atoms with Crippen LogP contribution in [0.2, 0.25) is 0 Å². The van der Waals surface area contributed by atoms with Crippen LogP contribution in [0.15, 0.2) is 42.5 Å². The highest BCUT2D eigenvalue weighted by Crippen LogP contribution is 2.40. The molecule has 0 aliphatic heterocycles. The van der Waals surface area contributed by atoms with Gasteiger partial charge in [0.05, 0.1) is 7.11 Å². The minimum absolute atomic E-state index is 0.226. The zero-order valence-electron chi connectivity index (χ0n) is 11.4. The molecular formula is C17H17NO2. The lowest BCUT2D eigenvalue weighted by molar-refractivity contribution is 0.0999. The van der Waals surface area contributed by atoms with Crippen LogP contribution in [0.5, 0.6) is 5.75 Å². The zero-order chi connectivity index (χ0) is 14.1. The molecule has 1 amide bonds. The molecule has 1 atom stereocenters. The van der Waals surface area contributed by atoms with Gasteiger partial charge in [-0.3, -0.25) is 4.79 Å². The van der Waals surface area contributed by atoms with Gasteiger partial charge in [0.1, 0.15) is 5.75 Å². The number of aryl methyl sites for hydroxylation is 1. The smallest absolute Gasteiger partial charge is 0.248 e. The first kappa shape index (κ1) is 12.7. The Labute approximate surface area is 118 Å². The Morgan fingerprint density at radius 2 is 2.00 bits per heavy atom. The van der Waals surface area contributed by atoms with E-state index in [2.05, 4.69) is 12.1 Å². The summed E-state index contributed by atoms with van der Waals surface area (Å²) in [7, 11) is 1.67. The molecule has 3 heteroatoms. The van der Waals surface area contributed by atoms with Gasteiger partial charge in [-0.25, -0.2) is 0 Å². The van der Waals surface area contributed by atoms with E-state index in [0.717, 1.165) is 24.2 Å². The first-order valence-corrected chi connectivity index (χ1v) is 6.76. The van der Waals surface area contributed by atoms with Gasteiger partial charge in [0.15, 0.2) is 0 Å². The van der Waals surface area contributed by atoms with Crippen molar-refractivity contribution in [3.05, 3.63) is 64.7 Å². The van der Waals surface area contributed by atoms with E-state index in [-0.39, 0.29) is 11.8 Å². The molecule has 2 N–H and O–H groups in total. The molecule has 1 aliphatic carbocycles. The SMILES string of the molecule is COc1ccc2c(c1)[C@H](c1ccccc1C(N)=O)CC2. The molecule has 0 unspecified atom stereocenters. The fourth-order valence-corrected chi connectivity index (χ4v) is 3.06. The summed E-state index contributed by atoms with van der Waals surface area (Å²) in [6, 6.07) is 13.8. The van der Waals surface area contributed by atoms with E-state index in [4.69, 9.17) is 10.5 Å². The number of carbonyl (C=O) groups is 1. The zero-order valence-corrected chi connectivity index (χ0v) is 11.4. The minimum atomic E-state index is -0.364. The van der Waals surface area contributed by atoms with Crippen molar-refractivity contribution in [3.63, 3.8) is 0 Å². The van der Waals surface area contributed by atoms with Crippen LogP contribution in [0.3, 0.4) is 0 Å². The average Bonchev–Trinajstić information content (AvgIpc) is 2.89. The third kappa shape index (κ3) is 2.05. The summed E-state index contributed by atoms with van der Waals surface area (Å²) in [4.78, 5) is 11.6. The van der Waals surface area contributed by atoms with Crippen LogP contribution in [-0.4, -0.2) is 13.0 Å². The van der Waals surface area contributed by atoms with E-state index in [1.165, 1.54) is 11.1 Å². The monoisotopic (exact) mass is 267 g/mol. The van der Waals surface area contributed by atoms with Crippen molar-refractivity contribution in [2.45, 2.75) is 18.8 Å². The van der Waals surface area contributed by atoms with E-state index in [9.17, 15) is 4.79 Å². The third-order valence-electron chi connectivity index (χ3n) is 4.03. The van der Waals surface area contributed by atoms with E-state index >= 15 is 0 Å². The number of nitrogens with two attached hydrogens (primary N) is 1. The summed E-state index contributed by atoms with van der Waals surface area (Å²) in [5.41, 5.74) is 9.71. The van der Waals surface area contributed by atoms with Gasteiger partial charge in [-0.2, -0.15) is 0 Å². The van der Waals surface area contributed by atoms with Gasteiger partial charge >= 0.3 is 0 Å². The summed E-state index contributed by atoms with van der Waals surface area (Å²) in [6.45, 7) is 0. The molecule has 2 aromatic rings. The Morgan fingerprint density at radius 1 is 1.20 bits per heavy atom. The average molecular weight is 267 g/mol. The van der Waals surface area contributed by atoms with Gasteiger partial charge < -0.3 is 10.5 Å². The first-order chi connectivity index (χ1) is 9.70. The second kappa shape index (κ2) is 5.00. The maximum absolute atomic E-state index is 11.6. The van der Waals surface area contributed by atoms with Crippen molar-refractivity contribution in [1.29, 1.82) is 0 Å². The molecule has 1 aliphatic rings. The molecule has 0 saturated heterocycles. The number of benzene rings is 2. The van der Waals surface area contributed by atoms with Crippen LogP contribution in [0.4, 0.5) is 0 Å². The number of ether oxygens (including phenoxy) is 1. The van der Waals surface area contributed by atoms with E-state index < -0.39 is 0 Å². The fourth-order valence-electron chi connectivity index (χ4n) is 3.06. The third-order valence-corrected chi connectivity index (χ3v) is 4.03. The van der Waals surface area contributed by atoms with Crippen LogP contribution >= 0.6 is 0 Å². The molecule has 0 fully saturated rings. The predicted molar refractivity (Wildman–Crippen MR) is 78.1 cm³/mol. The lowest BCUT2D eigenvalue weighted by atomic mass is 9.89. The Morgan fingerprint density at radius 3 is 2.75 bits per heavy atom. The van der Waals surface area contributed by atoms with Crippen molar-refractivity contribution < 1.29 is 9.53 Å². The molecule has 0 radical (unpaired) electrons. The van der Waals surface area contributed by atoms with Crippen LogP contribution in [0, 0.1) is 0 Å². The minimum Gasteiger partial charge on any atom is -0.497 e. The molecule has 102 valence electrons. The van der Waals surface area contributed by atoms with Crippen LogP contribution in [0.1, 0.15) is 39.4 Å². The molecule has 3 rings (SSSR count). The molecule has 20 heavy (non-hydrogen) atoms. The molecule has 0 aromatic heterocycles. The number of rotatable bonds is 3. The number of hydrogen-bond donors (Lipinski definition) is 1. The Balaban J connectivity index is 2.09. The summed E-state index contributed by atoms with van der Waals surface area (Å²) >= 11 is 0. The quantitative estimate of drug-likeness (QED) is 0.929. The molecule has 0 bridgehead atoms. The lowest BCUT2D eigenvalue weighted by Crippen LogP contribution is -2.15. The second-order valence-corrected chi connectivity index (χ2v) is 5.11. The van der Waals surface area contributed by atoms with Gasteiger partial charge in [0.2, 0.25) is 5.91 Å². The molecule has 0 saturated carbocycles. The van der Waals surface area contributed by atoms with Gasteiger partial charge in [-0.1, -0.05) is 24.3 Å². The van der Waals surface area contributed by atoms with Gasteiger partial charge in [0.25, 0.3) is 0 Å². The van der Waals surface area contributed by atoms with Crippen molar-refractivity contribution >= 4 is 5.91 Å². The summed E-state index contributed by atoms with van der Waals surface area (Å²) < 4.78 is 5.31. The molecule has 2 aromatic carbocycles. The highest BCUT2D eigenvalue weighted by atomic mass is 16.5. The second-order valence-electron chi connectivity index (χ2n) is 5.11. The van der Waals surface area contributed by atoms with Crippen LogP contribution in [-0.2, 0) is 6.42 Å². The van der Waals surface area contributed by atoms with Gasteiger partial charge in [-0.05, 0) is 47.7 Å². The van der Waals surface area contributed by atoms with E-state index in [1.54, 1.807) is 13.2 Å². The van der Waals surface area contributed by atoms with Gasteiger partial charge in [-0.15, -0.1) is 0 Å². The first-order valence-electron chi connectivity index (χ1n) is 6.76.